The van der Waals surface area contributed by atoms with Gasteiger partial charge in [0, 0.05) is 16.4 Å². The molecule has 0 fully saturated rings. The molecule has 0 aliphatic rings. The molecule has 23 heavy (non-hydrogen) atoms. The van der Waals surface area contributed by atoms with E-state index in [4.69, 9.17) is 23.8 Å². The van der Waals surface area contributed by atoms with Gasteiger partial charge in [-0.2, -0.15) is 8.78 Å². The number of thiocarbonyl (C=S) groups is 1. The Morgan fingerprint density at radius 2 is 1.83 bits per heavy atom. The van der Waals surface area contributed by atoms with Crippen molar-refractivity contribution in [2.45, 2.75) is 20.5 Å². The average molecular weight is 357 g/mol. The number of benzene rings is 2. The van der Waals surface area contributed by atoms with Crippen LogP contribution in [-0.2, 0) is 0 Å². The molecule has 7 heteroatoms. The third kappa shape index (κ3) is 4.77. The molecule has 2 aromatic carbocycles. The van der Waals surface area contributed by atoms with Crippen molar-refractivity contribution in [1.82, 2.24) is 0 Å². The van der Waals surface area contributed by atoms with E-state index in [1.54, 1.807) is 19.1 Å². The molecule has 0 saturated heterocycles. The zero-order chi connectivity index (χ0) is 17.0. The fourth-order valence-electron chi connectivity index (χ4n) is 1.97. The molecule has 2 aromatic rings. The van der Waals surface area contributed by atoms with Crippen LogP contribution in [0.5, 0.6) is 5.75 Å². The van der Waals surface area contributed by atoms with Gasteiger partial charge in [0.2, 0.25) is 0 Å². The number of anilines is 2. The molecule has 122 valence electrons. The van der Waals surface area contributed by atoms with Crippen LogP contribution >= 0.6 is 23.8 Å². The topological polar surface area (TPSA) is 33.3 Å². The Morgan fingerprint density at radius 3 is 2.48 bits per heavy atom. The summed E-state index contributed by atoms with van der Waals surface area (Å²) in [6, 6.07) is 10.1. The smallest absolute Gasteiger partial charge is 0.387 e. The SMILES string of the molecule is Cc1cc(OC(F)F)ccc1NC(=S)Nc1cccc(Cl)c1C. The van der Waals surface area contributed by atoms with Crippen LogP contribution in [0, 0.1) is 13.8 Å². The molecule has 0 spiro atoms. The molecule has 0 amide bonds. The Bertz CT molecular complexity index is 725. The molecule has 2 rings (SSSR count). The molecule has 0 heterocycles. The van der Waals surface area contributed by atoms with E-state index in [1.165, 1.54) is 12.1 Å². The second kappa shape index (κ2) is 7.57. The molecular formula is C16H15ClF2N2OS. The summed E-state index contributed by atoms with van der Waals surface area (Å²) < 4.78 is 28.7. The number of ether oxygens (including phenoxy) is 1. The lowest BCUT2D eigenvalue weighted by molar-refractivity contribution is -0.0498. The first-order valence-corrected chi connectivity index (χ1v) is 7.54. The monoisotopic (exact) mass is 356 g/mol. The highest BCUT2D eigenvalue weighted by atomic mass is 35.5. The maximum Gasteiger partial charge on any atom is 0.387 e. The maximum absolute atomic E-state index is 12.2. The first-order valence-electron chi connectivity index (χ1n) is 6.75. The summed E-state index contributed by atoms with van der Waals surface area (Å²) in [5, 5.41) is 7.10. The summed E-state index contributed by atoms with van der Waals surface area (Å²) in [7, 11) is 0. The third-order valence-electron chi connectivity index (χ3n) is 3.19. The highest BCUT2D eigenvalue weighted by Gasteiger charge is 2.08. The van der Waals surface area contributed by atoms with Crippen molar-refractivity contribution in [1.29, 1.82) is 0 Å². The molecule has 3 nitrogen and oxygen atoms in total. The maximum atomic E-state index is 12.2. The van der Waals surface area contributed by atoms with Crippen molar-refractivity contribution in [3.05, 3.63) is 52.5 Å². The summed E-state index contributed by atoms with van der Waals surface area (Å²) in [6.45, 7) is 0.810. The predicted molar refractivity (Wildman–Crippen MR) is 93.8 cm³/mol. The minimum absolute atomic E-state index is 0.104. The lowest BCUT2D eigenvalue weighted by Gasteiger charge is -2.15. The van der Waals surface area contributed by atoms with Crippen molar-refractivity contribution < 1.29 is 13.5 Å². The van der Waals surface area contributed by atoms with E-state index >= 15 is 0 Å². The molecule has 0 unspecified atom stereocenters. The zero-order valence-corrected chi connectivity index (χ0v) is 14.1. The van der Waals surface area contributed by atoms with Gasteiger partial charge in [-0.15, -0.1) is 0 Å². The minimum atomic E-state index is -2.85. The van der Waals surface area contributed by atoms with Crippen LogP contribution in [0.3, 0.4) is 0 Å². The van der Waals surface area contributed by atoms with Crippen molar-refractivity contribution in [2.24, 2.45) is 0 Å². The number of hydrogen-bond donors (Lipinski definition) is 2. The van der Waals surface area contributed by atoms with Gasteiger partial charge < -0.3 is 15.4 Å². The van der Waals surface area contributed by atoms with Gasteiger partial charge in [0.1, 0.15) is 5.75 Å². The summed E-state index contributed by atoms with van der Waals surface area (Å²) >= 11 is 11.3. The largest absolute Gasteiger partial charge is 0.435 e. The Balaban J connectivity index is 2.07. The average Bonchev–Trinajstić information content (AvgIpc) is 2.46. The van der Waals surface area contributed by atoms with Crippen LogP contribution in [0.4, 0.5) is 20.2 Å². The van der Waals surface area contributed by atoms with Gasteiger partial charge in [0.25, 0.3) is 0 Å². The number of hydrogen-bond acceptors (Lipinski definition) is 2. The van der Waals surface area contributed by atoms with Crippen molar-refractivity contribution in [3.63, 3.8) is 0 Å². The lowest BCUT2D eigenvalue weighted by atomic mass is 10.2. The second-order valence-electron chi connectivity index (χ2n) is 4.85. The molecular weight excluding hydrogens is 342 g/mol. The van der Waals surface area contributed by atoms with E-state index < -0.39 is 6.61 Å². The van der Waals surface area contributed by atoms with Gasteiger partial charge in [-0.25, -0.2) is 0 Å². The number of rotatable bonds is 4. The first kappa shape index (κ1) is 17.4. The van der Waals surface area contributed by atoms with E-state index in [2.05, 4.69) is 15.4 Å². The lowest BCUT2D eigenvalue weighted by Crippen LogP contribution is -2.20. The van der Waals surface area contributed by atoms with Crippen LogP contribution in [0.15, 0.2) is 36.4 Å². The molecule has 0 bridgehead atoms. The number of halogens is 3. The molecule has 0 radical (unpaired) electrons. The Morgan fingerprint density at radius 1 is 1.13 bits per heavy atom. The number of alkyl halides is 2. The van der Waals surface area contributed by atoms with E-state index in [1.807, 2.05) is 19.1 Å². The molecule has 0 aliphatic heterocycles. The molecule has 0 aliphatic carbocycles. The number of aryl methyl sites for hydroxylation is 1. The van der Waals surface area contributed by atoms with Crippen LogP contribution in [0.25, 0.3) is 0 Å². The van der Waals surface area contributed by atoms with E-state index in [9.17, 15) is 8.78 Å². The van der Waals surface area contributed by atoms with Crippen LogP contribution in [-0.4, -0.2) is 11.7 Å². The molecule has 0 aromatic heterocycles. The van der Waals surface area contributed by atoms with Crippen molar-refractivity contribution in [3.8, 4) is 5.75 Å². The van der Waals surface area contributed by atoms with Gasteiger partial charge in [0.15, 0.2) is 5.11 Å². The van der Waals surface area contributed by atoms with Gasteiger partial charge in [-0.05, 0) is 67.5 Å². The summed E-state index contributed by atoms with van der Waals surface area (Å²) in [5.41, 5.74) is 3.11. The summed E-state index contributed by atoms with van der Waals surface area (Å²) in [4.78, 5) is 0. The quantitative estimate of drug-likeness (QED) is 0.722. The van der Waals surface area contributed by atoms with E-state index in [0.29, 0.717) is 15.8 Å². The third-order valence-corrected chi connectivity index (χ3v) is 3.80. The highest BCUT2D eigenvalue weighted by molar-refractivity contribution is 7.80. The standard InChI is InChI=1S/C16H15ClF2N2OS/c1-9-8-11(22-15(18)19)6-7-13(9)20-16(23)21-14-5-3-4-12(17)10(14)2/h3-8,15H,1-2H3,(H2,20,21,23). The van der Waals surface area contributed by atoms with Crippen LogP contribution in [0.1, 0.15) is 11.1 Å². The number of nitrogens with one attached hydrogen (secondary N) is 2. The molecule has 2 N–H and O–H groups in total. The predicted octanol–water partition coefficient (Wildman–Crippen LogP) is 5.37. The second-order valence-corrected chi connectivity index (χ2v) is 5.66. The van der Waals surface area contributed by atoms with Crippen molar-refractivity contribution in [2.75, 3.05) is 10.6 Å². The van der Waals surface area contributed by atoms with Crippen molar-refractivity contribution >= 4 is 40.3 Å². The molecule has 0 saturated carbocycles. The Kier molecular flexibility index (Phi) is 5.74. The fourth-order valence-corrected chi connectivity index (χ4v) is 2.37. The summed E-state index contributed by atoms with van der Waals surface area (Å²) in [5.74, 6) is 0.104. The Labute approximate surface area is 143 Å². The van der Waals surface area contributed by atoms with E-state index in [-0.39, 0.29) is 5.75 Å². The van der Waals surface area contributed by atoms with Gasteiger partial charge >= 0.3 is 6.61 Å². The zero-order valence-electron chi connectivity index (χ0n) is 12.5. The first-order chi connectivity index (χ1) is 10.9. The Hall–Kier alpha value is -1.92. The minimum Gasteiger partial charge on any atom is -0.435 e. The molecule has 0 atom stereocenters. The van der Waals surface area contributed by atoms with Crippen LogP contribution < -0.4 is 15.4 Å². The van der Waals surface area contributed by atoms with Crippen LogP contribution in [0.2, 0.25) is 5.02 Å². The van der Waals surface area contributed by atoms with Gasteiger partial charge in [0.05, 0.1) is 0 Å². The van der Waals surface area contributed by atoms with Gasteiger partial charge in [-0.1, -0.05) is 17.7 Å². The normalized spacial score (nSPS) is 10.5. The van der Waals surface area contributed by atoms with Gasteiger partial charge in [-0.3, -0.25) is 0 Å². The fraction of sp³-hybridized carbons (Fsp3) is 0.188. The highest BCUT2D eigenvalue weighted by Crippen LogP contribution is 2.25. The van der Waals surface area contributed by atoms with E-state index in [0.717, 1.165) is 16.8 Å². The summed E-state index contributed by atoms with van der Waals surface area (Å²) in [6.07, 6.45) is 0.